The monoisotopic (exact) mass is 420 g/mol. The Balaban J connectivity index is 1.51. The number of nitrogens with one attached hydrogen (secondary N) is 1. The van der Waals surface area contributed by atoms with Crippen LogP contribution in [0.1, 0.15) is 6.42 Å². The van der Waals surface area contributed by atoms with Crippen LogP contribution in [0, 0.1) is 0 Å². The van der Waals surface area contributed by atoms with E-state index < -0.39 is 16.1 Å². The average Bonchev–Trinajstić information content (AvgIpc) is 2.87. The molecular weight excluding hydrogens is 400 g/mol. The number of thioether (sulfide) groups is 1. The van der Waals surface area contributed by atoms with Crippen molar-refractivity contribution < 1.29 is 22.7 Å². The molecule has 2 heterocycles. The number of carbonyl (C=O) groups excluding carboxylic acids is 1. The molecule has 0 unspecified atom stereocenters. The van der Waals surface area contributed by atoms with Crippen LogP contribution in [0.25, 0.3) is 0 Å². The second-order valence-electron chi connectivity index (χ2n) is 6.59. The topological polar surface area (TPSA) is 84.9 Å². The van der Waals surface area contributed by atoms with E-state index in [9.17, 15) is 13.2 Å². The fourth-order valence-corrected chi connectivity index (χ4v) is 5.24. The molecule has 0 radical (unpaired) electrons. The normalized spacial score (nSPS) is 18.9. The number of likely N-dealkylation sites (N-methyl/N-ethyl adjacent to an activating group) is 1. The van der Waals surface area contributed by atoms with E-state index in [1.165, 1.54) is 29.2 Å². The predicted octanol–water partition coefficient (Wildman–Crippen LogP) is 2.58. The van der Waals surface area contributed by atoms with Crippen LogP contribution in [-0.4, -0.2) is 50.7 Å². The Morgan fingerprint density at radius 2 is 2.00 bits per heavy atom. The van der Waals surface area contributed by atoms with Gasteiger partial charge in [0.2, 0.25) is 15.9 Å². The molecule has 2 aromatic carbocycles. The summed E-state index contributed by atoms with van der Waals surface area (Å²) in [5, 5.41) is 2.78. The van der Waals surface area contributed by atoms with Gasteiger partial charge in [0.25, 0.3) is 0 Å². The third-order valence-electron chi connectivity index (χ3n) is 4.55. The Kier molecular flexibility index (Phi) is 5.22. The Bertz CT molecular complexity index is 1010. The van der Waals surface area contributed by atoms with E-state index in [2.05, 4.69) is 5.32 Å². The van der Waals surface area contributed by atoms with Gasteiger partial charge in [0, 0.05) is 24.1 Å². The zero-order valence-corrected chi connectivity index (χ0v) is 16.9. The highest BCUT2D eigenvalue weighted by molar-refractivity contribution is 7.99. The summed E-state index contributed by atoms with van der Waals surface area (Å²) < 4.78 is 38.8. The molecular formula is C19H20N2O5S2. The van der Waals surface area contributed by atoms with Crippen LogP contribution >= 0.6 is 11.8 Å². The van der Waals surface area contributed by atoms with Crippen LogP contribution < -0.4 is 14.8 Å². The van der Waals surface area contributed by atoms with Gasteiger partial charge in [-0.1, -0.05) is 12.1 Å². The number of nitrogens with zero attached hydrogens (tertiary/aromatic N) is 1. The molecule has 28 heavy (non-hydrogen) atoms. The van der Waals surface area contributed by atoms with Gasteiger partial charge in [-0.3, -0.25) is 4.79 Å². The summed E-state index contributed by atoms with van der Waals surface area (Å²) in [6, 6.07) is 12.1. The molecule has 0 aromatic heterocycles. The minimum absolute atomic E-state index is 0.111. The second-order valence-corrected chi connectivity index (χ2v) is 9.77. The molecule has 1 atom stereocenters. The number of rotatable bonds is 4. The van der Waals surface area contributed by atoms with Crippen molar-refractivity contribution in [1.29, 1.82) is 0 Å². The van der Waals surface area contributed by atoms with E-state index in [1.54, 1.807) is 18.2 Å². The van der Waals surface area contributed by atoms with Crippen molar-refractivity contribution in [2.75, 3.05) is 31.3 Å². The zero-order chi connectivity index (χ0) is 19.7. The molecule has 7 nitrogen and oxygen atoms in total. The molecule has 2 aliphatic heterocycles. The van der Waals surface area contributed by atoms with Gasteiger partial charge in [0.15, 0.2) is 11.5 Å². The number of hydrogen-bond donors (Lipinski definition) is 1. The molecule has 148 valence electrons. The molecule has 0 bridgehead atoms. The summed E-state index contributed by atoms with van der Waals surface area (Å²) in [5.41, 5.74) is 0.535. The lowest BCUT2D eigenvalue weighted by atomic mass is 10.2. The summed E-state index contributed by atoms with van der Waals surface area (Å²) in [5.74, 6) is 1.82. The lowest BCUT2D eigenvalue weighted by Gasteiger charge is -2.29. The summed E-state index contributed by atoms with van der Waals surface area (Å²) in [4.78, 5) is 12.8. The quantitative estimate of drug-likeness (QED) is 0.818. The number of para-hydroxylation sites is 2. The maximum atomic E-state index is 13.0. The Morgan fingerprint density at radius 1 is 1.21 bits per heavy atom. The number of carbonyl (C=O) groups is 1. The van der Waals surface area contributed by atoms with Gasteiger partial charge < -0.3 is 14.8 Å². The largest absolute Gasteiger partial charge is 0.486 e. The molecule has 0 spiro atoms. The van der Waals surface area contributed by atoms with Gasteiger partial charge in [0.1, 0.15) is 12.7 Å². The summed E-state index contributed by atoms with van der Waals surface area (Å²) in [6.07, 6.45) is -0.00674. The molecule has 1 amide bonds. The lowest BCUT2D eigenvalue weighted by Crippen LogP contribution is -2.41. The molecule has 2 aliphatic rings. The number of fused-ring (bicyclic) bond motifs is 2. The molecule has 2 aromatic rings. The first-order valence-electron chi connectivity index (χ1n) is 8.85. The Labute approximate surface area is 168 Å². The lowest BCUT2D eigenvalue weighted by molar-refractivity contribution is -0.115. The first-order valence-corrected chi connectivity index (χ1v) is 11.3. The molecule has 1 N–H and O–H groups in total. The van der Waals surface area contributed by atoms with E-state index in [-0.39, 0.29) is 24.0 Å². The molecule has 0 saturated carbocycles. The average molecular weight is 421 g/mol. The molecule has 4 rings (SSSR count). The SMILES string of the molecule is CN(C[C@H]1COc2ccccc2O1)S(=O)(=O)c1ccc2c(c1)NC(=O)CCS2. The van der Waals surface area contributed by atoms with Gasteiger partial charge in [0.05, 0.1) is 17.1 Å². The van der Waals surface area contributed by atoms with Crippen LogP contribution in [0.5, 0.6) is 11.5 Å². The molecule has 0 saturated heterocycles. The minimum atomic E-state index is -3.74. The van der Waals surface area contributed by atoms with Crippen molar-refractivity contribution in [3.8, 4) is 11.5 Å². The molecule has 0 fully saturated rings. The number of hydrogen-bond acceptors (Lipinski definition) is 6. The van der Waals surface area contributed by atoms with E-state index in [0.29, 0.717) is 29.4 Å². The number of sulfonamides is 1. The standard InChI is InChI=1S/C19H20N2O5S2/c1-21(11-13-12-25-16-4-2-3-5-17(16)26-13)28(23,24)14-6-7-18-15(10-14)20-19(22)8-9-27-18/h2-7,10,13H,8-9,11-12H2,1H3,(H,20,22)/t13-/m0/s1. The van der Waals surface area contributed by atoms with E-state index in [0.717, 1.165) is 4.90 Å². The van der Waals surface area contributed by atoms with Crippen molar-refractivity contribution in [3.05, 3.63) is 42.5 Å². The van der Waals surface area contributed by atoms with Crippen LogP contribution in [0.2, 0.25) is 0 Å². The predicted molar refractivity (Wildman–Crippen MR) is 107 cm³/mol. The molecule has 9 heteroatoms. The van der Waals surface area contributed by atoms with E-state index in [1.807, 2.05) is 18.2 Å². The number of amides is 1. The fourth-order valence-electron chi connectivity index (χ4n) is 3.08. The number of anilines is 1. The van der Waals surface area contributed by atoms with Crippen molar-refractivity contribution in [2.45, 2.75) is 22.3 Å². The van der Waals surface area contributed by atoms with E-state index in [4.69, 9.17) is 9.47 Å². The van der Waals surface area contributed by atoms with Crippen LogP contribution in [0.3, 0.4) is 0 Å². The summed E-state index contributed by atoms with van der Waals surface area (Å²) in [7, 11) is -2.23. The smallest absolute Gasteiger partial charge is 0.243 e. The number of benzene rings is 2. The highest BCUT2D eigenvalue weighted by atomic mass is 32.2. The minimum Gasteiger partial charge on any atom is -0.486 e. The van der Waals surface area contributed by atoms with Gasteiger partial charge in [-0.05, 0) is 30.3 Å². The zero-order valence-electron chi connectivity index (χ0n) is 15.3. The van der Waals surface area contributed by atoms with Crippen molar-refractivity contribution in [1.82, 2.24) is 4.31 Å². The van der Waals surface area contributed by atoms with Crippen molar-refractivity contribution in [3.63, 3.8) is 0 Å². The van der Waals surface area contributed by atoms with Crippen molar-refractivity contribution in [2.24, 2.45) is 0 Å². The first-order chi connectivity index (χ1) is 13.4. The second kappa shape index (κ2) is 7.65. The third kappa shape index (κ3) is 3.82. The maximum absolute atomic E-state index is 13.0. The Morgan fingerprint density at radius 3 is 2.82 bits per heavy atom. The van der Waals surface area contributed by atoms with Crippen LogP contribution in [0.15, 0.2) is 52.3 Å². The van der Waals surface area contributed by atoms with Gasteiger partial charge in [-0.2, -0.15) is 4.31 Å². The summed E-state index contributed by atoms with van der Waals surface area (Å²) >= 11 is 1.53. The fraction of sp³-hybridized carbons (Fsp3) is 0.316. The maximum Gasteiger partial charge on any atom is 0.243 e. The van der Waals surface area contributed by atoms with Crippen molar-refractivity contribution >= 4 is 33.4 Å². The third-order valence-corrected chi connectivity index (χ3v) is 7.44. The van der Waals surface area contributed by atoms with Crippen LogP contribution in [-0.2, 0) is 14.8 Å². The highest BCUT2D eigenvalue weighted by Gasteiger charge is 2.29. The van der Waals surface area contributed by atoms with Crippen LogP contribution in [0.4, 0.5) is 5.69 Å². The Hall–Kier alpha value is -2.23. The number of ether oxygens (including phenoxy) is 2. The van der Waals surface area contributed by atoms with E-state index >= 15 is 0 Å². The highest BCUT2D eigenvalue weighted by Crippen LogP contribution is 2.34. The molecule has 0 aliphatic carbocycles. The first kappa shape index (κ1) is 19.1. The van der Waals surface area contributed by atoms with Gasteiger partial charge in [-0.25, -0.2) is 8.42 Å². The summed E-state index contributed by atoms with van der Waals surface area (Å²) in [6.45, 7) is 0.419. The van der Waals surface area contributed by atoms with Gasteiger partial charge >= 0.3 is 0 Å². The van der Waals surface area contributed by atoms with Gasteiger partial charge in [-0.15, -0.1) is 11.8 Å².